The third-order valence-electron chi connectivity index (χ3n) is 4.81. The number of benzene rings is 2. The minimum Gasteiger partial charge on any atom is -0.457 e. The summed E-state index contributed by atoms with van der Waals surface area (Å²) in [6, 6.07) is 14.8. The van der Waals surface area contributed by atoms with Crippen LogP contribution >= 0.6 is 0 Å². The van der Waals surface area contributed by atoms with Gasteiger partial charge in [0.25, 0.3) is 0 Å². The van der Waals surface area contributed by atoms with Gasteiger partial charge in [-0.1, -0.05) is 12.1 Å². The Hall–Kier alpha value is -2.34. The van der Waals surface area contributed by atoms with E-state index in [1.54, 1.807) is 4.90 Å². The molecule has 0 unspecified atom stereocenters. The molecule has 6 heteroatoms. The van der Waals surface area contributed by atoms with Crippen molar-refractivity contribution in [1.29, 1.82) is 0 Å². The molecule has 0 N–H and O–H groups in total. The molecule has 5 nitrogen and oxygen atoms in total. The predicted octanol–water partition coefficient (Wildman–Crippen LogP) is 2.94. The average Bonchev–Trinajstić information content (AvgIpc) is 2.98. The molecule has 2 aliphatic rings. The average molecular weight is 357 g/mol. The van der Waals surface area contributed by atoms with Crippen LogP contribution in [0.5, 0.6) is 11.5 Å². The van der Waals surface area contributed by atoms with E-state index in [9.17, 15) is 13.2 Å². The molecule has 0 aromatic heterocycles. The van der Waals surface area contributed by atoms with Crippen LogP contribution in [-0.4, -0.2) is 31.9 Å². The van der Waals surface area contributed by atoms with E-state index in [1.807, 2.05) is 55.5 Å². The van der Waals surface area contributed by atoms with E-state index in [0.717, 1.165) is 17.0 Å². The molecule has 0 saturated carbocycles. The van der Waals surface area contributed by atoms with Gasteiger partial charge in [0.05, 0.1) is 17.5 Å². The third-order valence-corrected chi connectivity index (χ3v) is 6.60. The molecular weight excluding hydrogens is 338 g/mol. The van der Waals surface area contributed by atoms with Crippen LogP contribution in [0.3, 0.4) is 0 Å². The Morgan fingerprint density at radius 2 is 1.80 bits per heavy atom. The summed E-state index contributed by atoms with van der Waals surface area (Å²) < 4.78 is 29.5. The maximum atomic E-state index is 12.3. The fourth-order valence-electron chi connectivity index (χ4n) is 3.71. The van der Waals surface area contributed by atoms with Crippen molar-refractivity contribution in [3.63, 3.8) is 0 Å². The fraction of sp³-hybridized carbons (Fsp3) is 0.316. The van der Waals surface area contributed by atoms with Crippen LogP contribution in [0, 0.1) is 12.8 Å². The first kappa shape index (κ1) is 16.1. The highest BCUT2D eigenvalue weighted by molar-refractivity contribution is 7.91. The van der Waals surface area contributed by atoms with Crippen molar-refractivity contribution < 1.29 is 17.9 Å². The highest BCUT2D eigenvalue weighted by atomic mass is 32.2. The monoisotopic (exact) mass is 357 g/mol. The summed E-state index contributed by atoms with van der Waals surface area (Å²) in [6.07, 6.45) is 0.311. The number of sulfone groups is 1. The standard InChI is InChI=1S/C19H19NO4S/c1-13-3-2-4-17(9-13)24-16-7-5-15(6-8-16)20-18-12-25(22,23)11-14(18)10-19(20)21/h2-9,14,18H,10-12H2,1H3/t14-,18+/m1/s1. The molecule has 130 valence electrons. The number of carbonyl (C=O) groups excluding carboxylic acids is 1. The largest absolute Gasteiger partial charge is 0.457 e. The molecule has 0 radical (unpaired) electrons. The second-order valence-electron chi connectivity index (χ2n) is 6.78. The molecule has 2 atom stereocenters. The van der Waals surface area contributed by atoms with Gasteiger partial charge in [-0.2, -0.15) is 0 Å². The molecule has 2 saturated heterocycles. The highest BCUT2D eigenvalue weighted by Crippen LogP contribution is 2.37. The van der Waals surface area contributed by atoms with Crippen molar-refractivity contribution in [2.45, 2.75) is 19.4 Å². The first-order valence-corrected chi connectivity index (χ1v) is 10.1. The van der Waals surface area contributed by atoms with Gasteiger partial charge in [-0.25, -0.2) is 8.42 Å². The quantitative estimate of drug-likeness (QED) is 0.847. The molecule has 2 aliphatic heterocycles. The van der Waals surface area contributed by atoms with Crippen LogP contribution in [0.15, 0.2) is 48.5 Å². The van der Waals surface area contributed by atoms with Gasteiger partial charge in [0.15, 0.2) is 9.84 Å². The van der Waals surface area contributed by atoms with Gasteiger partial charge >= 0.3 is 0 Å². The number of nitrogens with zero attached hydrogens (tertiary/aromatic N) is 1. The van der Waals surface area contributed by atoms with Crippen LogP contribution in [0.1, 0.15) is 12.0 Å². The van der Waals surface area contributed by atoms with Gasteiger partial charge in [-0.05, 0) is 48.9 Å². The van der Waals surface area contributed by atoms with Crippen molar-refractivity contribution in [2.75, 3.05) is 16.4 Å². The second-order valence-corrected chi connectivity index (χ2v) is 8.94. The second kappa shape index (κ2) is 5.88. The zero-order valence-electron chi connectivity index (χ0n) is 13.9. The van der Waals surface area contributed by atoms with Crippen LogP contribution < -0.4 is 9.64 Å². The van der Waals surface area contributed by atoms with Gasteiger partial charge in [0.1, 0.15) is 11.5 Å². The summed E-state index contributed by atoms with van der Waals surface area (Å²) in [7, 11) is -3.04. The van der Waals surface area contributed by atoms with E-state index in [1.165, 1.54) is 0 Å². The van der Waals surface area contributed by atoms with E-state index in [2.05, 4.69) is 0 Å². The fourth-order valence-corrected chi connectivity index (χ4v) is 5.78. The minimum absolute atomic E-state index is 0.00254. The van der Waals surface area contributed by atoms with Gasteiger partial charge in [-0.15, -0.1) is 0 Å². The maximum absolute atomic E-state index is 12.3. The number of fused-ring (bicyclic) bond motifs is 1. The van der Waals surface area contributed by atoms with Gasteiger partial charge < -0.3 is 9.64 Å². The summed E-state index contributed by atoms with van der Waals surface area (Å²) >= 11 is 0. The molecule has 2 aromatic carbocycles. The lowest BCUT2D eigenvalue weighted by molar-refractivity contribution is -0.117. The molecule has 0 aliphatic carbocycles. The zero-order valence-corrected chi connectivity index (χ0v) is 14.7. The summed E-state index contributed by atoms with van der Waals surface area (Å²) in [4.78, 5) is 14.0. The predicted molar refractivity (Wildman–Crippen MR) is 95.7 cm³/mol. The summed E-state index contributed by atoms with van der Waals surface area (Å²) in [6.45, 7) is 2.00. The summed E-state index contributed by atoms with van der Waals surface area (Å²) in [5.41, 5.74) is 1.84. The number of rotatable bonds is 3. The Balaban J connectivity index is 1.55. The lowest BCUT2D eigenvalue weighted by Gasteiger charge is -2.23. The Morgan fingerprint density at radius 1 is 1.04 bits per heavy atom. The smallest absolute Gasteiger partial charge is 0.227 e. The molecule has 2 heterocycles. The normalized spacial score (nSPS) is 24.4. The molecule has 1 amide bonds. The Labute approximate surface area is 147 Å². The molecular formula is C19H19NO4S. The molecule has 4 rings (SSSR count). The number of amides is 1. The van der Waals surface area contributed by atoms with Crippen LogP contribution in [-0.2, 0) is 14.6 Å². The van der Waals surface area contributed by atoms with Crippen LogP contribution in [0.4, 0.5) is 5.69 Å². The summed E-state index contributed by atoms with van der Waals surface area (Å²) in [5, 5.41) is 0. The highest BCUT2D eigenvalue weighted by Gasteiger charge is 2.49. The molecule has 2 aromatic rings. The minimum atomic E-state index is -3.04. The van der Waals surface area contributed by atoms with Crippen molar-refractivity contribution in [3.05, 3.63) is 54.1 Å². The molecule has 25 heavy (non-hydrogen) atoms. The number of anilines is 1. The molecule has 2 fully saturated rings. The third kappa shape index (κ3) is 3.14. The van der Waals surface area contributed by atoms with Crippen molar-refractivity contribution in [2.24, 2.45) is 5.92 Å². The van der Waals surface area contributed by atoms with Gasteiger partial charge in [0, 0.05) is 18.0 Å². The van der Waals surface area contributed by atoms with Crippen LogP contribution in [0.2, 0.25) is 0 Å². The van der Waals surface area contributed by atoms with E-state index in [-0.39, 0.29) is 29.4 Å². The number of hydrogen-bond donors (Lipinski definition) is 0. The zero-order chi connectivity index (χ0) is 17.6. The van der Waals surface area contributed by atoms with Crippen molar-refractivity contribution >= 4 is 21.4 Å². The molecule has 0 spiro atoms. The SMILES string of the molecule is Cc1cccc(Oc2ccc(N3C(=O)C[C@@H]4CS(=O)(=O)C[C@@H]43)cc2)c1. The number of hydrogen-bond acceptors (Lipinski definition) is 4. The van der Waals surface area contributed by atoms with Crippen molar-refractivity contribution in [3.8, 4) is 11.5 Å². The lowest BCUT2D eigenvalue weighted by atomic mass is 10.0. The number of aryl methyl sites for hydroxylation is 1. The first-order valence-electron chi connectivity index (χ1n) is 8.28. The number of ether oxygens (including phenoxy) is 1. The number of carbonyl (C=O) groups is 1. The first-order chi connectivity index (χ1) is 11.9. The maximum Gasteiger partial charge on any atom is 0.227 e. The van der Waals surface area contributed by atoms with E-state index in [0.29, 0.717) is 12.2 Å². The van der Waals surface area contributed by atoms with Gasteiger partial charge in [0.2, 0.25) is 5.91 Å². The van der Waals surface area contributed by atoms with E-state index < -0.39 is 9.84 Å². The van der Waals surface area contributed by atoms with Crippen LogP contribution in [0.25, 0.3) is 0 Å². The Kier molecular flexibility index (Phi) is 3.80. The van der Waals surface area contributed by atoms with E-state index >= 15 is 0 Å². The Morgan fingerprint density at radius 3 is 2.52 bits per heavy atom. The van der Waals surface area contributed by atoms with Crippen molar-refractivity contribution in [1.82, 2.24) is 0 Å². The lowest BCUT2D eigenvalue weighted by Crippen LogP contribution is -2.36. The summed E-state index contributed by atoms with van der Waals surface area (Å²) in [5.74, 6) is 1.53. The van der Waals surface area contributed by atoms with Gasteiger partial charge in [-0.3, -0.25) is 4.79 Å². The van der Waals surface area contributed by atoms with E-state index in [4.69, 9.17) is 4.74 Å². The molecule has 0 bridgehead atoms. The Bertz CT molecular complexity index is 921. The topological polar surface area (TPSA) is 63.7 Å².